The van der Waals surface area contributed by atoms with Crippen molar-refractivity contribution in [3.63, 3.8) is 0 Å². The maximum absolute atomic E-state index is 11.5. The molecule has 0 heterocycles. The summed E-state index contributed by atoms with van der Waals surface area (Å²) in [4.78, 5) is 21.7. The van der Waals surface area contributed by atoms with Gasteiger partial charge in [0.25, 0.3) is 5.69 Å². The number of nitro benzene ring substituents is 1. The van der Waals surface area contributed by atoms with Crippen LogP contribution in [0.1, 0.15) is 10.4 Å². The maximum atomic E-state index is 11.5. The first kappa shape index (κ1) is 16.3. The predicted octanol–water partition coefficient (Wildman–Crippen LogP) is 4.20. The van der Waals surface area contributed by atoms with Crippen molar-refractivity contribution in [2.45, 2.75) is 0 Å². The van der Waals surface area contributed by atoms with Gasteiger partial charge >= 0.3 is 5.97 Å². The molecule has 0 aliphatic carbocycles. The van der Waals surface area contributed by atoms with E-state index in [4.69, 9.17) is 4.74 Å². The molecule has 25 heavy (non-hydrogen) atoms. The number of rotatable bonds is 5. The Morgan fingerprint density at radius 2 is 1.88 bits per heavy atom. The van der Waals surface area contributed by atoms with E-state index in [0.29, 0.717) is 11.4 Å². The predicted molar refractivity (Wildman–Crippen MR) is 93.8 cm³/mol. The van der Waals surface area contributed by atoms with Crippen LogP contribution >= 0.6 is 0 Å². The highest BCUT2D eigenvalue weighted by Crippen LogP contribution is 2.33. The number of benzene rings is 3. The zero-order valence-electron chi connectivity index (χ0n) is 13.2. The summed E-state index contributed by atoms with van der Waals surface area (Å²) in [5.41, 5.74) is 0.447. The van der Waals surface area contributed by atoms with Crippen LogP contribution in [0.15, 0.2) is 54.6 Å². The molecule has 0 saturated carbocycles. The van der Waals surface area contributed by atoms with E-state index < -0.39 is 10.9 Å². The maximum Gasteiger partial charge on any atom is 0.338 e. The zero-order chi connectivity index (χ0) is 18.0. The van der Waals surface area contributed by atoms with Crippen molar-refractivity contribution >= 4 is 33.8 Å². The molecule has 0 spiro atoms. The first-order chi connectivity index (χ1) is 12.0. The summed E-state index contributed by atoms with van der Waals surface area (Å²) in [6, 6.07) is 14.9. The quantitative estimate of drug-likeness (QED) is 0.534. The lowest BCUT2D eigenvalue weighted by Gasteiger charge is -2.14. The number of hydrogen-bond acceptors (Lipinski definition) is 5. The van der Waals surface area contributed by atoms with Crippen LogP contribution in [0.2, 0.25) is 0 Å². The van der Waals surface area contributed by atoms with E-state index in [-0.39, 0.29) is 16.9 Å². The number of carbonyl (C=O) groups is 1. The average Bonchev–Trinajstić information content (AvgIpc) is 2.61. The molecule has 0 atom stereocenters. The molecular weight excluding hydrogens is 324 g/mol. The van der Waals surface area contributed by atoms with Gasteiger partial charge in [-0.2, -0.15) is 0 Å². The molecule has 3 aromatic carbocycles. The van der Waals surface area contributed by atoms with Gasteiger partial charge in [0.15, 0.2) is 0 Å². The molecule has 7 heteroatoms. The van der Waals surface area contributed by atoms with Crippen LogP contribution in [0.3, 0.4) is 0 Å². The highest BCUT2D eigenvalue weighted by molar-refractivity contribution is 6.00. The van der Waals surface area contributed by atoms with Gasteiger partial charge in [-0.25, -0.2) is 4.79 Å². The summed E-state index contributed by atoms with van der Waals surface area (Å²) in [6.45, 7) is 0. The summed E-state index contributed by atoms with van der Waals surface area (Å²) in [5, 5.41) is 25.1. The van der Waals surface area contributed by atoms with Crippen LogP contribution in [0.4, 0.5) is 17.1 Å². The number of nitrogens with zero attached hydrogens (tertiary/aromatic N) is 1. The van der Waals surface area contributed by atoms with Gasteiger partial charge < -0.3 is 15.2 Å². The molecule has 0 bridgehead atoms. The van der Waals surface area contributed by atoms with Gasteiger partial charge in [-0.15, -0.1) is 0 Å². The number of fused-ring (bicyclic) bond motifs is 1. The Morgan fingerprint density at radius 3 is 2.56 bits per heavy atom. The molecule has 0 unspecified atom stereocenters. The normalized spacial score (nSPS) is 10.4. The van der Waals surface area contributed by atoms with E-state index in [9.17, 15) is 20.0 Å². The molecule has 0 saturated heterocycles. The number of non-ortho nitro benzene ring substituents is 1. The third-order valence-corrected chi connectivity index (χ3v) is 3.78. The van der Waals surface area contributed by atoms with Crippen molar-refractivity contribution in [3.8, 4) is 5.75 Å². The number of methoxy groups -OCH3 is 1. The molecule has 0 aliphatic rings. The lowest BCUT2D eigenvalue weighted by atomic mass is 10.1. The Labute approximate surface area is 142 Å². The van der Waals surface area contributed by atoms with E-state index in [1.54, 1.807) is 13.2 Å². The summed E-state index contributed by atoms with van der Waals surface area (Å²) < 4.78 is 5.28. The molecule has 3 aromatic rings. The number of ether oxygens (including phenoxy) is 1. The van der Waals surface area contributed by atoms with Gasteiger partial charge in [0.05, 0.1) is 29.0 Å². The van der Waals surface area contributed by atoms with Gasteiger partial charge in [0, 0.05) is 23.6 Å². The lowest BCUT2D eigenvalue weighted by molar-refractivity contribution is -0.384. The van der Waals surface area contributed by atoms with Gasteiger partial charge in [0.2, 0.25) is 0 Å². The number of aromatic carboxylic acids is 1. The van der Waals surface area contributed by atoms with Crippen LogP contribution < -0.4 is 10.1 Å². The SMILES string of the molecule is COc1cc(Nc2ccc([N+](=O)[O-])cc2C(=O)O)c2ccccc2c1. The largest absolute Gasteiger partial charge is 0.497 e. The minimum absolute atomic E-state index is 0.180. The lowest BCUT2D eigenvalue weighted by Crippen LogP contribution is -2.04. The van der Waals surface area contributed by atoms with Crippen LogP contribution in [0, 0.1) is 10.1 Å². The Kier molecular flexibility index (Phi) is 4.21. The fourth-order valence-corrected chi connectivity index (χ4v) is 2.58. The summed E-state index contributed by atoms with van der Waals surface area (Å²) in [6.07, 6.45) is 0. The van der Waals surface area contributed by atoms with Crippen molar-refractivity contribution in [2.24, 2.45) is 0 Å². The van der Waals surface area contributed by atoms with Crippen LogP contribution in [-0.4, -0.2) is 23.1 Å². The number of nitro groups is 1. The molecule has 0 aromatic heterocycles. The minimum Gasteiger partial charge on any atom is -0.497 e. The number of nitrogens with one attached hydrogen (secondary N) is 1. The second-order valence-electron chi connectivity index (χ2n) is 5.31. The summed E-state index contributed by atoms with van der Waals surface area (Å²) in [5.74, 6) is -0.640. The van der Waals surface area contributed by atoms with E-state index in [1.165, 1.54) is 12.1 Å². The molecule has 7 nitrogen and oxygen atoms in total. The third-order valence-electron chi connectivity index (χ3n) is 3.78. The van der Waals surface area contributed by atoms with Gasteiger partial charge in [-0.1, -0.05) is 24.3 Å². The van der Waals surface area contributed by atoms with Crippen LogP contribution in [0.5, 0.6) is 5.75 Å². The van der Waals surface area contributed by atoms with Gasteiger partial charge in [-0.3, -0.25) is 10.1 Å². The average molecular weight is 338 g/mol. The second-order valence-corrected chi connectivity index (χ2v) is 5.31. The number of carboxylic acid groups (broad SMARTS) is 1. The van der Waals surface area contributed by atoms with E-state index in [1.807, 2.05) is 30.3 Å². The fraction of sp³-hybridized carbons (Fsp3) is 0.0556. The van der Waals surface area contributed by atoms with Crippen LogP contribution in [-0.2, 0) is 0 Å². The minimum atomic E-state index is -1.25. The molecule has 3 rings (SSSR count). The Hall–Kier alpha value is -3.61. The number of hydrogen-bond donors (Lipinski definition) is 2. The number of carboxylic acids is 1. The molecule has 0 radical (unpaired) electrons. The third kappa shape index (κ3) is 3.20. The number of anilines is 2. The topological polar surface area (TPSA) is 102 Å². The molecule has 0 aliphatic heterocycles. The first-order valence-electron chi connectivity index (χ1n) is 7.35. The van der Waals surface area contributed by atoms with Gasteiger partial charge in [-0.05, 0) is 17.5 Å². The van der Waals surface area contributed by atoms with E-state index >= 15 is 0 Å². The molecule has 126 valence electrons. The van der Waals surface area contributed by atoms with Crippen LogP contribution in [0.25, 0.3) is 10.8 Å². The molecule has 0 fully saturated rings. The zero-order valence-corrected chi connectivity index (χ0v) is 13.2. The summed E-state index contributed by atoms with van der Waals surface area (Å²) in [7, 11) is 1.54. The van der Waals surface area contributed by atoms with E-state index in [0.717, 1.165) is 16.8 Å². The Bertz CT molecular complexity index is 984. The molecule has 2 N–H and O–H groups in total. The highest BCUT2D eigenvalue weighted by atomic mass is 16.6. The van der Waals surface area contributed by atoms with Crippen molar-refractivity contribution in [1.29, 1.82) is 0 Å². The smallest absolute Gasteiger partial charge is 0.338 e. The van der Waals surface area contributed by atoms with Gasteiger partial charge in [0.1, 0.15) is 5.75 Å². The standard InChI is InChI=1S/C18H14N2O5/c1-25-13-8-11-4-2-3-5-14(11)17(10-13)19-16-7-6-12(20(23)24)9-15(16)18(21)22/h2-10,19H,1H3,(H,21,22). The van der Waals surface area contributed by atoms with Crippen molar-refractivity contribution < 1.29 is 19.6 Å². The van der Waals surface area contributed by atoms with Crippen molar-refractivity contribution in [2.75, 3.05) is 12.4 Å². The first-order valence-corrected chi connectivity index (χ1v) is 7.35. The highest BCUT2D eigenvalue weighted by Gasteiger charge is 2.17. The Balaban J connectivity index is 2.13. The monoisotopic (exact) mass is 338 g/mol. The molecular formula is C18H14N2O5. The Morgan fingerprint density at radius 1 is 1.12 bits per heavy atom. The fourth-order valence-electron chi connectivity index (χ4n) is 2.58. The van der Waals surface area contributed by atoms with E-state index in [2.05, 4.69) is 5.32 Å². The molecule has 0 amide bonds. The van der Waals surface area contributed by atoms with Crippen molar-refractivity contribution in [1.82, 2.24) is 0 Å². The second kappa shape index (κ2) is 6.48. The van der Waals surface area contributed by atoms with Crippen molar-refractivity contribution in [3.05, 3.63) is 70.3 Å². The summed E-state index contributed by atoms with van der Waals surface area (Å²) >= 11 is 0.